The second-order valence-electron chi connectivity index (χ2n) is 5.31. The number of halogens is 2. The van der Waals surface area contributed by atoms with Gasteiger partial charge in [-0.05, 0) is 36.6 Å². The van der Waals surface area contributed by atoms with Gasteiger partial charge < -0.3 is 10.2 Å². The highest BCUT2D eigenvalue weighted by Crippen LogP contribution is 2.21. The summed E-state index contributed by atoms with van der Waals surface area (Å²) >= 11 is 0. The van der Waals surface area contributed by atoms with Crippen molar-refractivity contribution in [1.82, 2.24) is 10.2 Å². The highest BCUT2D eigenvalue weighted by molar-refractivity contribution is 5.85. The monoisotopic (exact) mass is 300 g/mol. The Bertz CT molecular complexity index is 449. The van der Waals surface area contributed by atoms with Crippen LogP contribution in [-0.2, 0) is 4.79 Å². The molecule has 1 aromatic carbocycles. The maximum absolute atomic E-state index is 13.2. The summed E-state index contributed by atoms with van der Waals surface area (Å²) in [5.74, 6) is -0.0735. The summed E-state index contributed by atoms with van der Waals surface area (Å²) in [6, 6.07) is 6.80. The maximum Gasteiger partial charge on any atom is 0.223 e. The van der Waals surface area contributed by atoms with Crippen molar-refractivity contribution in [3.63, 3.8) is 0 Å². The average Bonchev–Trinajstić information content (AvgIpc) is 2.91. The van der Waals surface area contributed by atoms with E-state index >= 15 is 0 Å². The Balaban J connectivity index is 0.00000200. The van der Waals surface area contributed by atoms with Gasteiger partial charge >= 0.3 is 0 Å². The lowest BCUT2D eigenvalue weighted by molar-refractivity contribution is -0.132. The summed E-state index contributed by atoms with van der Waals surface area (Å²) in [5.41, 5.74) is 0.881. The molecule has 2 unspecified atom stereocenters. The van der Waals surface area contributed by atoms with Crippen molar-refractivity contribution >= 4 is 18.3 Å². The minimum absolute atomic E-state index is 0. The average molecular weight is 301 g/mol. The maximum atomic E-state index is 13.2. The van der Waals surface area contributed by atoms with E-state index in [1.807, 2.05) is 24.9 Å². The number of carbonyl (C=O) groups is 1. The van der Waals surface area contributed by atoms with Crippen LogP contribution in [0.2, 0.25) is 0 Å². The quantitative estimate of drug-likeness (QED) is 0.927. The lowest BCUT2D eigenvalue weighted by atomic mass is 9.97. The van der Waals surface area contributed by atoms with Gasteiger partial charge in [0.25, 0.3) is 0 Å². The molecule has 1 aromatic rings. The molecule has 0 bridgehead atoms. The van der Waals surface area contributed by atoms with E-state index in [9.17, 15) is 9.18 Å². The van der Waals surface area contributed by atoms with Crippen LogP contribution in [0.15, 0.2) is 24.3 Å². The molecule has 20 heavy (non-hydrogen) atoms. The number of hydrogen-bond donors (Lipinski definition) is 1. The highest BCUT2D eigenvalue weighted by atomic mass is 35.5. The zero-order valence-corrected chi connectivity index (χ0v) is 12.8. The first-order valence-electron chi connectivity index (χ1n) is 6.79. The van der Waals surface area contributed by atoms with E-state index in [1.165, 1.54) is 12.1 Å². The number of likely N-dealkylation sites (N-methyl/N-ethyl adjacent to an activating group) is 1. The van der Waals surface area contributed by atoms with Crippen LogP contribution in [0.4, 0.5) is 4.39 Å². The van der Waals surface area contributed by atoms with Gasteiger partial charge in [-0.1, -0.05) is 19.1 Å². The third-order valence-electron chi connectivity index (χ3n) is 3.87. The Kier molecular flexibility index (Phi) is 6.43. The Hall–Kier alpha value is -1.13. The summed E-state index contributed by atoms with van der Waals surface area (Å²) in [6.45, 7) is 3.81. The van der Waals surface area contributed by atoms with E-state index in [0.29, 0.717) is 12.5 Å². The van der Waals surface area contributed by atoms with E-state index in [1.54, 1.807) is 6.07 Å². The Morgan fingerprint density at radius 3 is 2.90 bits per heavy atom. The zero-order valence-electron chi connectivity index (χ0n) is 11.9. The molecule has 1 N–H and O–H groups in total. The molecule has 1 aliphatic rings. The van der Waals surface area contributed by atoms with Crippen LogP contribution in [0.3, 0.4) is 0 Å². The predicted molar refractivity (Wildman–Crippen MR) is 80.7 cm³/mol. The molecule has 0 aromatic heterocycles. The molecule has 0 radical (unpaired) electrons. The van der Waals surface area contributed by atoms with E-state index in [2.05, 4.69) is 5.32 Å². The van der Waals surface area contributed by atoms with Gasteiger partial charge in [0.15, 0.2) is 0 Å². The van der Waals surface area contributed by atoms with Crippen LogP contribution in [0.5, 0.6) is 0 Å². The number of hydrogen-bond acceptors (Lipinski definition) is 2. The van der Waals surface area contributed by atoms with Crippen LogP contribution >= 0.6 is 12.4 Å². The van der Waals surface area contributed by atoms with Crippen LogP contribution in [0.1, 0.15) is 31.2 Å². The van der Waals surface area contributed by atoms with Gasteiger partial charge in [-0.3, -0.25) is 4.79 Å². The minimum Gasteiger partial charge on any atom is -0.341 e. The van der Waals surface area contributed by atoms with Crippen molar-refractivity contribution in [2.45, 2.75) is 31.7 Å². The standard InChI is InChI=1S/C15H21FN2O.ClH/c1-11(12-4-3-5-13(16)9-12)8-15(19)18(2)14-6-7-17-10-14;/h3-5,9,11,14,17H,6-8,10H2,1-2H3;1H. The van der Waals surface area contributed by atoms with E-state index in [4.69, 9.17) is 0 Å². The van der Waals surface area contributed by atoms with Gasteiger partial charge in [0.05, 0.1) is 0 Å². The summed E-state index contributed by atoms with van der Waals surface area (Å²) < 4.78 is 13.2. The summed E-state index contributed by atoms with van der Waals surface area (Å²) in [5, 5.41) is 3.26. The first-order chi connectivity index (χ1) is 9.08. The van der Waals surface area contributed by atoms with Crippen molar-refractivity contribution in [3.8, 4) is 0 Å². The first kappa shape index (κ1) is 16.9. The summed E-state index contributed by atoms with van der Waals surface area (Å²) in [4.78, 5) is 14.0. The van der Waals surface area contributed by atoms with Gasteiger partial charge in [-0.15, -0.1) is 12.4 Å². The summed E-state index contributed by atoms with van der Waals surface area (Å²) in [7, 11) is 1.86. The first-order valence-corrected chi connectivity index (χ1v) is 6.79. The van der Waals surface area contributed by atoms with Crippen molar-refractivity contribution in [3.05, 3.63) is 35.6 Å². The molecular weight excluding hydrogens is 279 g/mol. The van der Waals surface area contributed by atoms with Gasteiger partial charge in [0.1, 0.15) is 5.82 Å². The minimum atomic E-state index is -0.245. The molecule has 2 atom stereocenters. The number of amides is 1. The molecule has 2 rings (SSSR count). The topological polar surface area (TPSA) is 32.3 Å². The number of rotatable bonds is 4. The zero-order chi connectivity index (χ0) is 13.8. The predicted octanol–water partition coefficient (Wildman–Crippen LogP) is 2.56. The van der Waals surface area contributed by atoms with Gasteiger partial charge in [-0.2, -0.15) is 0 Å². The molecule has 3 nitrogen and oxygen atoms in total. The normalized spacial score (nSPS) is 19.2. The van der Waals surface area contributed by atoms with Crippen molar-refractivity contribution in [2.75, 3.05) is 20.1 Å². The molecule has 0 saturated carbocycles. The fourth-order valence-electron chi connectivity index (χ4n) is 2.51. The molecule has 0 spiro atoms. The molecule has 1 amide bonds. The van der Waals surface area contributed by atoms with Crippen molar-refractivity contribution in [2.24, 2.45) is 0 Å². The number of nitrogens with one attached hydrogen (secondary N) is 1. The molecule has 1 aliphatic heterocycles. The second kappa shape index (κ2) is 7.60. The van der Waals surface area contributed by atoms with Gasteiger partial charge in [0, 0.05) is 26.1 Å². The molecule has 1 saturated heterocycles. The van der Waals surface area contributed by atoms with Crippen molar-refractivity contribution < 1.29 is 9.18 Å². The van der Waals surface area contributed by atoms with Crippen LogP contribution in [-0.4, -0.2) is 37.0 Å². The van der Waals surface area contributed by atoms with Crippen molar-refractivity contribution in [1.29, 1.82) is 0 Å². The highest BCUT2D eigenvalue weighted by Gasteiger charge is 2.24. The lowest BCUT2D eigenvalue weighted by Crippen LogP contribution is -2.38. The molecule has 112 valence electrons. The molecule has 1 fully saturated rings. The molecular formula is C15H22ClFN2O. The van der Waals surface area contributed by atoms with Crippen LogP contribution in [0, 0.1) is 5.82 Å². The Labute approximate surface area is 125 Å². The molecule has 0 aliphatic carbocycles. The van der Waals surface area contributed by atoms with E-state index in [-0.39, 0.29) is 30.0 Å². The third-order valence-corrected chi connectivity index (χ3v) is 3.87. The fraction of sp³-hybridized carbons (Fsp3) is 0.533. The molecule has 5 heteroatoms. The third kappa shape index (κ3) is 4.18. The Morgan fingerprint density at radius 2 is 2.30 bits per heavy atom. The van der Waals surface area contributed by atoms with Crippen LogP contribution in [0.25, 0.3) is 0 Å². The Morgan fingerprint density at radius 1 is 1.55 bits per heavy atom. The fourth-order valence-corrected chi connectivity index (χ4v) is 2.51. The lowest BCUT2D eigenvalue weighted by Gasteiger charge is -2.25. The van der Waals surface area contributed by atoms with E-state index < -0.39 is 0 Å². The van der Waals surface area contributed by atoms with Gasteiger partial charge in [0.2, 0.25) is 5.91 Å². The van der Waals surface area contributed by atoms with E-state index in [0.717, 1.165) is 25.1 Å². The smallest absolute Gasteiger partial charge is 0.223 e. The summed E-state index contributed by atoms with van der Waals surface area (Å²) in [6.07, 6.45) is 1.44. The number of carbonyl (C=O) groups excluding carboxylic acids is 1. The number of benzene rings is 1. The molecule has 1 heterocycles. The SMILES string of the molecule is CC(CC(=O)N(C)C1CCNC1)c1cccc(F)c1.Cl. The van der Waals surface area contributed by atoms with Crippen LogP contribution < -0.4 is 5.32 Å². The van der Waals surface area contributed by atoms with Gasteiger partial charge in [-0.25, -0.2) is 4.39 Å². The largest absolute Gasteiger partial charge is 0.341 e. The second-order valence-corrected chi connectivity index (χ2v) is 5.31. The number of nitrogens with zero attached hydrogens (tertiary/aromatic N) is 1.